The summed E-state index contributed by atoms with van der Waals surface area (Å²) >= 11 is 5.77. The van der Waals surface area contributed by atoms with Crippen molar-refractivity contribution in [1.82, 2.24) is 5.32 Å². The molecule has 0 amide bonds. The number of nitrogens with zero attached hydrogens (tertiary/aromatic N) is 1. The van der Waals surface area contributed by atoms with E-state index in [2.05, 4.69) is 10.1 Å². The first-order chi connectivity index (χ1) is 8.56. The van der Waals surface area contributed by atoms with Gasteiger partial charge in [0.25, 0.3) is 6.47 Å². The van der Waals surface area contributed by atoms with Gasteiger partial charge in [-0.1, -0.05) is 11.6 Å². The van der Waals surface area contributed by atoms with Crippen LogP contribution in [0.3, 0.4) is 0 Å². The summed E-state index contributed by atoms with van der Waals surface area (Å²) in [6, 6.07) is 1.74. The number of hydrogen-bond donors (Lipinski definition) is 2. The molecule has 1 aliphatic heterocycles. The largest absolute Gasteiger partial charge is 0.462 e. The number of nitriles is 1. The highest BCUT2D eigenvalue weighted by Crippen LogP contribution is 2.26. The zero-order chi connectivity index (χ0) is 13.7. The molecule has 0 saturated carbocycles. The molecule has 0 bridgehead atoms. The summed E-state index contributed by atoms with van der Waals surface area (Å²) in [6.07, 6.45) is -1.11. The van der Waals surface area contributed by atoms with Crippen LogP contribution in [0.4, 0.5) is 0 Å². The Hall–Kier alpha value is -2.20. The van der Waals surface area contributed by atoms with Crippen LogP contribution in [-0.4, -0.2) is 25.3 Å². The average Bonchev–Trinajstić information content (AvgIpc) is 2.33. The van der Waals surface area contributed by atoms with Crippen molar-refractivity contribution in [1.29, 1.82) is 5.26 Å². The van der Waals surface area contributed by atoms with Gasteiger partial charge in [-0.3, -0.25) is 4.79 Å². The van der Waals surface area contributed by atoms with Gasteiger partial charge in [0.2, 0.25) is 6.23 Å². The van der Waals surface area contributed by atoms with Crippen LogP contribution < -0.4 is 11.1 Å². The zero-order valence-corrected chi connectivity index (χ0v) is 10.2. The summed E-state index contributed by atoms with van der Waals surface area (Å²) in [4.78, 5) is 22.0. The number of nitrogens with one attached hydrogen (secondary N) is 1. The molecule has 0 unspecified atom stereocenters. The lowest BCUT2D eigenvalue weighted by Crippen LogP contribution is -2.41. The number of carbonyl (C=O) groups excluding carboxylic acids is 2. The van der Waals surface area contributed by atoms with Crippen molar-refractivity contribution in [3.8, 4) is 6.07 Å². The van der Waals surface area contributed by atoms with Crippen LogP contribution in [0, 0.1) is 11.3 Å². The van der Waals surface area contributed by atoms with E-state index >= 15 is 0 Å². The first-order valence-corrected chi connectivity index (χ1v) is 5.27. The van der Waals surface area contributed by atoms with E-state index in [0.717, 1.165) is 0 Å². The van der Waals surface area contributed by atoms with Gasteiger partial charge in [0.15, 0.2) is 0 Å². The van der Waals surface area contributed by atoms with Crippen molar-refractivity contribution in [2.45, 2.75) is 13.2 Å². The molecule has 0 aromatic carbocycles. The van der Waals surface area contributed by atoms with Crippen molar-refractivity contribution in [3.63, 3.8) is 0 Å². The third-order valence-electron chi connectivity index (χ3n) is 2.08. The van der Waals surface area contributed by atoms with E-state index in [4.69, 9.17) is 27.3 Å². The van der Waals surface area contributed by atoms with E-state index in [9.17, 15) is 9.59 Å². The van der Waals surface area contributed by atoms with Gasteiger partial charge in [0.05, 0.1) is 12.3 Å². The Bertz CT molecular complexity index is 478. The van der Waals surface area contributed by atoms with Crippen LogP contribution >= 0.6 is 11.6 Å². The highest BCUT2D eigenvalue weighted by molar-refractivity contribution is 6.30. The summed E-state index contributed by atoms with van der Waals surface area (Å²) in [5.74, 6) is -0.800. The van der Waals surface area contributed by atoms with E-state index in [0.29, 0.717) is 0 Å². The first kappa shape index (κ1) is 13.9. The molecule has 3 N–H and O–H groups in total. The fraction of sp³-hybridized carbons (Fsp3) is 0.300. The van der Waals surface area contributed by atoms with Crippen molar-refractivity contribution >= 4 is 24.0 Å². The van der Waals surface area contributed by atoms with Crippen LogP contribution in [0.15, 0.2) is 22.0 Å². The minimum absolute atomic E-state index is 0.110. The van der Waals surface area contributed by atoms with Crippen LogP contribution in [0.25, 0.3) is 0 Å². The number of esters is 1. The molecule has 0 fully saturated rings. The van der Waals surface area contributed by atoms with Crippen LogP contribution in [-0.2, 0) is 19.1 Å². The van der Waals surface area contributed by atoms with E-state index in [1.165, 1.54) is 0 Å². The quantitative estimate of drug-likeness (QED) is 0.415. The molecule has 0 aromatic heterocycles. The maximum atomic E-state index is 11.7. The van der Waals surface area contributed by atoms with Crippen LogP contribution in [0.5, 0.6) is 0 Å². The van der Waals surface area contributed by atoms with E-state index in [-0.39, 0.29) is 35.1 Å². The van der Waals surface area contributed by atoms with Gasteiger partial charge in [-0.15, -0.1) is 0 Å². The normalized spacial score (nSPS) is 18.8. The molecule has 0 aliphatic carbocycles. The lowest BCUT2D eigenvalue weighted by molar-refractivity contribution is -0.139. The van der Waals surface area contributed by atoms with Crippen LogP contribution in [0.1, 0.15) is 6.92 Å². The second kappa shape index (κ2) is 5.93. The number of ether oxygens (including phenoxy) is 2. The molecule has 0 radical (unpaired) electrons. The predicted octanol–water partition coefficient (Wildman–Crippen LogP) is -0.161. The maximum Gasteiger partial charge on any atom is 0.341 e. The fourth-order valence-corrected chi connectivity index (χ4v) is 1.58. The topological polar surface area (TPSA) is 114 Å². The Morgan fingerprint density at radius 1 is 1.72 bits per heavy atom. The molecule has 0 spiro atoms. The van der Waals surface area contributed by atoms with Gasteiger partial charge in [-0.05, 0) is 6.92 Å². The maximum absolute atomic E-state index is 11.7. The number of carbonyl (C=O) groups is 2. The third-order valence-corrected chi connectivity index (χ3v) is 2.38. The Labute approximate surface area is 108 Å². The monoisotopic (exact) mass is 271 g/mol. The molecular weight excluding hydrogens is 262 g/mol. The SMILES string of the molecule is CCOC(=O)C1=C(N)[C@@H](OC=O)NC(Cl)=C1C#N. The van der Waals surface area contributed by atoms with E-state index in [1.807, 2.05) is 0 Å². The van der Waals surface area contributed by atoms with Crippen molar-refractivity contribution in [2.75, 3.05) is 6.61 Å². The Morgan fingerprint density at radius 3 is 2.89 bits per heavy atom. The molecular formula is C10H10ClN3O4. The molecule has 7 nitrogen and oxygen atoms in total. The fourth-order valence-electron chi connectivity index (χ4n) is 1.34. The molecule has 1 heterocycles. The molecule has 0 aromatic rings. The summed E-state index contributed by atoms with van der Waals surface area (Å²) in [5, 5.41) is 11.3. The van der Waals surface area contributed by atoms with Crippen molar-refractivity contribution in [3.05, 3.63) is 22.0 Å². The van der Waals surface area contributed by atoms with E-state index in [1.54, 1.807) is 13.0 Å². The standard InChI is InChI=1S/C10H10ClN3O4/c1-2-17-10(16)6-5(3-12)8(11)14-9(7(6)13)18-4-15/h4,9,14H,2,13H2,1H3/t9-/m1/s1. The molecule has 1 atom stereocenters. The Balaban J connectivity index is 3.25. The molecule has 96 valence electrons. The minimum atomic E-state index is -1.11. The van der Waals surface area contributed by atoms with Gasteiger partial charge in [-0.2, -0.15) is 5.26 Å². The number of hydrogen-bond acceptors (Lipinski definition) is 7. The highest BCUT2D eigenvalue weighted by atomic mass is 35.5. The second-order valence-corrected chi connectivity index (χ2v) is 3.49. The highest BCUT2D eigenvalue weighted by Gasteiger charge is 2.32. The summed E-state index contributed by atoms with van der Waals surface area (Å²) in [7, 11) is 0. The Kier molecular flexibility index (Phi) is 4.57. The van der Waals surface area contributed by atoms with Crippen molar-refractivity contribution < 1.29 is 19.1 Å². The lowest BCUT2D eigenvalue weighted by Gasteiger charge is -2.25. The number of nitrogens with two attached hydrogens (primary N) is 1. The summed E-state index contributed by atoms with van der Waals surface area (Å²) in [6.45, 7) is 1.86. The molecule has 1 aliphatic rings. The minimum Gasteiger partial charge on any atom is -0.462 e. The van der Waals surface area contributed by atoms with Crippen molar-refractivity contribution in [2.24, 2.45) is 5.73 Å². The smallest absolute Gasteiger partial charge is 0.341 e. The molecule has 0 saturated heterocycles. The Morgan fingerprint density at radius 2 is 2.39 bits per heavy atom. The van der Waals surface area contributed by atoms with Gasteiger partial charge < -0.3 is 20.5 Å². The number of dihydropyridines is 1. The molecule has 1 rings (SSSR count). The molecule has 18 heavy (non-hydrogen) atoms. The molecule has 8 heteroatoms. The van der Waals surface area contributed by atoms with Gasteiger partial charge in [0.1, 0.15) is 22.4 Å². The number of halogens is 1. The van der Waals surface area contributed by atoms with Gasteiger partial charge >= 0.3 is 5.97 Å². The zero-order valence-electron chi connectivity index (χ0n) is 9.40. The lowest BCUT2D eigenvalue weighted by atomic mass is 10.0. The number of rotatable bonds is 4. The van der Waals surface area contributed by atoms with Gasteiger partial charge in [0, 0.05) is 0 Å². The second-order valence-electron chi connectivity index (χ2n) is 3.11. The summed E-state index contributed by atoms with van der Waals surface area (Å²) < 4.78 is 9.37. The average molecular weight is 272 g/mol. The third kappa shape index (κ3) is 2.55. The van der Waals surface area contributed by atoms with Crippen LogP contribution in [0.2, 0.25) is 0 Å². The van der Waals surface area contributed by atoms with E-state index < -0.39 is 12.2 Å². The summed E-state index contributed by atoms with van der Waals surface area (Å²) in [5.41, 5.74) is 5.17. The first-order valence-electron chi connectivity index (χ1n) is 4.89. The van der Waals surface area contributed by atoms with Gasteiger partial charge in [-0.25, -0.2) is 4.79 Å². The predicted molar refractivity (Wildman–Crippen MR) is 60.4 cm³/mol.